The van der Waals surface area contributed by atoms with Gasteiger partial charge in [0.25, 0.3) is 0 Å². The van der Waals surface area contributed by atoms with E-state index in [1.54, 1.807) is 6.92 Å². The van der Waals surface area contributed by atoms with Crippen molar-refractivity contribution in [1.82, 2.24) is 5.32 Å². The molecule has 114 valence electrons. The standard InChI is InChI=1S/C16H27NO3/c1-5-19-15-8-6-7-14(10-17-9-12(2)3)16(15)20-11-13(4)18/h6-8,12-13,17-18H,5,9-11H2,1-4H3. The van der Waals surface area contributed by atoms with Crippen molar-refractivity contribution in [2.75, 3.05) is 19.8 Å². The fourth-order valence-corrected chi connectivity index (χ4v) is 1.83. The average molecular weight is 281 g/mol. The summed E-state index contributed by atoms with van der Waals surface area (Å²) in [4.78, 5) is 0. The summed E-state index contributed by atoms with van der Waals surface area (Å²) in [5.74, 6) is 2.07. The first kappa shape index (κ1) is 16.8. The van der Waals surface area contributed by atoms with Crippen molar-refractivity contribution in [3.63, 3.8) is 0 Å². The maximum Gasteiger partial charge on any atom is 0.165 e. The Balaban J connectivity index is 2.81. The Bertz CT molecular complexity index is 391. The van der Waals surface area contributed by atoms with Crippen LogP contribution in [-0.4, -0.2) is 31.0 Å². The lowest BCUT2D eigenvalue weighted by Crippen LogP contribution is -2.20. The molecule has 0 heterocycles. The number of aliphatic hydroxyl groups excluding tert-OH is 1. The Morgan fingerprint density at radius 2 is 1.95 bits per heavy atom. The van der Waals surface area contributed by atoms with Crippen molar-refractivity contribution in [2.45, 2.75) is 40.3 Å². The van der Waals surface area contributed by atoms with Crippen LogP contribution in [0.2, 0.25) is 0 Å². The molecule has 1 rings (SSSR count). The number of benzene rings is 1. The predicted molar refractivity (Wildman–Crippen MR) is 81.3 cm³/mol. The van der Waals surface area contributed by atoms with Crippen LogP contribution in [0.15, 0.2) is 18.2 Å². The second-order valence-electron chi connectivity index (χ2n) is 5.36. The van der Waals surface area contributed by atoms with Crippen molar-refractivity contribution in [3.05, 3.63) is 23.8 Å². The molecule has 0 fully saturated rings. The summed E-state index contributed by atoms with van der Waals surface area (Å²) in [5.41, 5.74) is 1.05. The third-order valence-electron chi connectivity index (χ3n) is 2.70. The summed E-state index contributed by atoms with van der Waals surface area (Å²) >= 11 is 0. The first-order chi connectivity index (χ1) is 9.54. The SMILES string of the molecule is CCOc1cccc(CNCC(C)C)c1OCC(C)O. The lowest BCUT2D eigenvalue weighted by Gasteiger charge is -2.17. The zero-order valence-electron chi connectivity index (χ0n) is 13.0. The third-order valence-corrected chi connectivity index (χ3v) is 2.70. The van der Waals surface area contributed by atoms with Crippen LogP contribution in [-0.2, 0) is 6.54 Å². The van der Waals surface area contributed by atoms with Crippen LogP contribution in [0, 0.1) is 5.92 Å². The third kappa shape index (κ3) is 5.80. The molecule has 0 radical (unpaired) electrons. The zero-order chi connectivity index (χ0) is 15.0. The van der Waals surface area contributed by atoms with Gasteiger partial charge in [-0.05, 0) is 32.4 Å². The smallest absolute Gasteiger partial charge is 0.165 e. The number of nitrogens with one attached hydrogen (secondary N) is 1. The largest absolute Gasteiger partial charge is 0.490 e. The van der Waals surface area contributed by atoms with Gasteiger partial charge in [0.1, 0.15) is 6.61 Å². The van der Waals surface area contributed by atoms with Gasteiger partial charge < -0.3 is 19.9 Å². The lowest BCUT2D eigenvalue weighted by molar-refractivity contribution is 0.119. The number of para-hydroxylation sites is 1. The summed E-state index contributed by atoms with van der Waals surface area (Å²) in [5, 5.41) is 12.8. The Hall–Kier alpha value is -1.26. The molecule has 1 aromatic rings. The molecule has 0 bridgehead atoms. The molecule has 1 atom stereocenters. The molecular weight excluding hydrogens is 254 g/mol. The second-order valence-corrected chi connectivity index (χ2v) is 5.36. The highest BCUT2D eigenvalue weighted by Crippen LogP contribution is 2.31. The molecule has 0 aliphatic carbocycles. The van der Waals surface area contributed by atoms with Crippen LogP contribution in [0.25, 0.3) is 0 Å². The fourth-order valence-electron chi connectivity index (χ4n) is 1.83. The molecule has 0 amide bonds. The van der Waals surface area contributed by atoms with Crippen LogP contribution in [0.4, 0.5) is 0 Å². The highest BCUT2D eigenvalue weighted by atomic mass is 16.5. The molecule has 20 heavy (non-hydrogen) atoms. The van der Waals surface area contributed by atoms with Crippen molar-refractivity contribution >= 4 is 0 Å². The van der Waals surface area contributed by atoms with Gasteiger partial charge in [-0.15, -0.1) is 0 Å². The summed E-state index contributed by atoms with van der Waals surface area (Å²) in [6.07, 6.45) is -0.499. The minimum absolute atomic E-state index is 0.265. The van der Waals surface area contributed by atoms with E-state index >= 15 is 0 Å². The van der Waals surface area contributed by atoms with Crippen LogP contribution in [0.3, 0.4) is 0 Å². The van der Waals surface area contributed by atoms with Crippen LogP contribution in [0.5, 0.6) is 11.5 Å². The molecule has 0 spiro atoms. The molecule has 1 unspecified atom stereocenters. The van der Waals surface area contributed by atoms with Gasteiger partial charge in [0.15, 0.2) is 11.5 Å². The summed E-state index contributed by atoms with van der Waals surface area (Å²) in [6.45, 7) is 10.5. The molecule has 4 heteroatoms. The highest BCUT2D eigenvalue weighted by molar-refractivity contribution is 5.46. The fraction of sp³-hybridized carbons (Fsp3) is 0.625. The topological polar surface area (TPSA) is 50.7 Å². The van der Waals surface area contributed by atoms with Crippen LogP contribution in [0.1, 0.15) is 33.3 Å². The Morgan fingerprint density at radius 1 is 1.20 bits per heavy atom. The van der Waals surface area contributed by atoms with E-state index < -0.39 is 6.10 Å². The van der Waals surface area contributed by atoms with E-state index in [2.05, 4.69) is 19.2 Å². The number of aliphatic hydroxyl groups is 1. The van der Waals surface area contributed by atoms with Crippen molar-refractivity contribution < 1.29 is 14.6 Å². The number of hydrogen-bond donors (Lipinski definition) is 2. The summed E-state index contributed by atoms with van der Waals surface area (Å²) < 4.78 is 11.3. The van der Waals surface area contributed by atoms with E-state index in [1.165, 1.54) is 0 Å². The molecule has 0 saturated carbocycles. The highest BCUT2D eigenvalue weighted by Gasteiger charge is 2.12. The lowest BCUT2D eigenvalue weighted by atomic mass is 10.1. The van der Waals surface area contributed by atoms with E-state index in [0.29, 0.717) is 12.5 Å². The Kier molecular flexibility index (Phi) is 7.41. The molecule has 2 N–H and O–H groups in total. The Morgan fingerprint density at radius 3 is 2.55 bits per heavy atom. The van der Waals surface area contributed by atoms with Gasteiger partial charge in [0.2, 0.25) is 0 Å². The molecule has 4 nitrogen and oxygen atoms in total. The quantitative estimate of drug-likeness (QED) is 0.730. The summed E-state index contributed by atoms with van der Waals surface area (Å²) in [7, 11) is 0. The van der Waals surface area contributed by atoms with Crippen molar-refractivity contribution in [1.29, 1.82) is 0 Å². The minimum Gasteiger partial charge on any atom is -0.490 e. The predicted octanol–water partition coefficient (Wildman–Crippen LogP) is 2.59. The van der Waals surface area contributed by atoms with E-state index in [9.17, 15) is 5.11 Å². The number of ether oxygens (including phenoxy) is 2. The van der Waals surface area contributed by atoms with Gasteiger partial charge in [0.05, 0.1) is 12.7 Å². The van der Waals surface area contributed by atoms with E-state index in [4.69, 9.17) is 9.47 Å². The summed E-state index contributed by atoms with van der Waals surface area (Å²) in [6, 6.07) is 5.88. The first-order valence-corrected chi connectivity index (χ1v) is 7.30. The van der Waals surface area contributed by atoms with Gasteiger partial charge in [-0.1, -0.05) is 26.0 Å². The van der Waals surface area contributed by atoms with Crippen molar-refractivity contribution in [3.8, 4) is 11.5 Å². The maximum atomic E-state index is 9.39. The minimum atomic E-state index is -0.499. The molecule has 0 aliphatic rings. The van der Waals surface area contributed by atoms with Gasteiger partial charge in [0, 0.05) is 12.1 Å². The molecule has 0 aromatic heterocycles. The first-order valence-electron chi connectivity index (χ1n) is 7.30. The van der Waals surface area contributed by atoms with Gasteiger partial charge in [-0.25, -0.2) is 0 Å². The van der Waals surface area contributed by atoms with Crippen LogP contribution >= 0.6 is 0 Å². The molecule has 0 saturated heterocycles. The van der Waals surface area contributed by atoms with E-state index in [0.717, 1.165) is 30.2 Å². The van der Waals surface area contributed by atoms with E-state index in [1.807, 2.05) is 25.1 Å². The maximum absolute atomic E-state index is 9.39. The molecule has 0 aliphatic heterocycles. The molecular formula is C16H27NO3. The monoisotopic (exact) mass is 281 g/mol. The number of rotatable bonds is 9. The van der Waals surface area contributed by atoms with E-state index in [-0.39, 0.29) is 6.61 Å². The normalized spacial score (nSPS) is 12.5. The van der Waals surface area contributed by atoms with Crippen LogP contribution < -0.4 is 14.8 Å². The van der Waals surface area contributed by atoms with Crippen molar-refractivity contribution in [2.24, 2.45) is 5.92 Å². The average Bonchev–Trinajstić information content (AvgIpc) is 2.37. The number of hydrogen-bond acceptors (Lipinski definition) is 4. The zero-order valence-corrected chi connectivity index (χ0v) is 13.0. The van der Waals surface area contributed by atoms with Gasteiger partial charge in [-0.2, -0.15) is 0 Å². The second kappa shape index (κ2) is 8.82. The molecule has 1 aromatic carbocycles. The Labute approximate surface area is 122 Å². The van der Waals surface area contributed by atoms with Gasteiger partial charge >= 0.3 is 0 Å². The van der Waals surface area contributed by atoms with Gasteiger partial charge in [-0.3, -0.25) is 0 Å².